The van der Waals surface area contributed by atoms with Crippen molar-refractivity contribution in [3.63, 3.8) is 0 Å². The number of halogens is 3. The maximum Gasteiger partial charge on any atom is 0.405 e. The first-order chi connectivity index (χ1) is 23.6. The van der Waals surface area contributed by atoms with Crippen LogP contribution in [0.3, 0.4) is 0 Å². The van der Waals surface area contributed by atoms with Crippen molar-refractivity contribution in [2.45, 2.75) is 69.5 Å². The summed E-state index contributed by atoms with van der Waals surface area (Å²) in [5.41, 5.74) is 4.96. The first-order valence-electron chi connectivity index (χ1n) is 17.7. The second-order valence-electron chi connectivity index (χ2n) is 13.7. The Morgan fingerprint density at radius 3 is 2.16 bits per heavy atom. The average Bonchev–Trinajstić information content (AvgIpc) is 3.40. The Morgan fingerprint density at radius 1 is 0.918 bits per heavy atom. The van der Waals surface area contributed by atoms with Crippen molar-refractivity contribution < 1.29 is 22.8 Å². The number of hydrogen-bond acceptors (Lipinski definition) is 4. The molecule has 0 bridgehead atoms. The fourth-order valence-electron chi connectivity index (χ4n) is 8.35. The normalized spacial score (nSPS) is 17.7. The topological polar surface area (TPSA) is 55.9 Å². The SMILES string of the molecule is C=CCN(C(=O)c1cccc(N2CCN(CCCC3(C(=O)NCC(F)(F)F)c4ccccc4-c4ccccc43)CC2)c1C)C1CCCCC1. The lowest BCUT2D eigenvalue weighted by atomic mass is 9.73. The number of alkyl halides is 3. The van der Waals surface area contributed by atoms with Gasteiger partial charge in [-0.3, -0.25) is 14.5 Å². The summed E-state index contributed by atoms with van der Waals surface area (Å²) in [7, 11) is 0. The van der Waals surface area contributed by atoms with Crippen molar-refractivity contribution in [3.8, 4) is 11.1 Å². The number of hydrogen-bond donors (Lipinski definition) is 1. The highest BCUT2D eigenvalue weighted by Gasteiger charge is 2.49. The van der Waals surface area contributed by atoms with E-state index in [0.717, 1.165) is 97.5 Å². The quantitative estimate of drug-likeness (QED) is 0.215. The molecule has 260 valence electrons. The Bertz CT molecular complexity index is 1610. The highest BCUT2D eigenvalue weighted by Crippen LogP contribution is 2.51. The van der Waals surface area contributed by atoms with Crippen molar-refractivity contribution in [3.05, 3.63) is 102 Å². The lowest BCUT2D eigenvalue weighted by Gasteiger charge is -2.38. The number of carbonyl (C=O) groups excluding carboxylic acids is 2. The molecule has 1 saturated carbocycles. The summed E-state index contributed by atoms with van der Waals surface area (Å²) in [5, 5.41) is 2.23. The molecule has 2 aliphatic carbocycles. The molecule has 3 aromatic rings. The Kier molecular flexibility index (Phi) is 10.5. The summed E-state index contributed by atoms with van der Waals surface area (Å²) in [4.78, 5) is 34.4. The van der Waals surface area contributed by atoms with Crippen molar-refractivity contribution in [1.29, 1.82) is 0 Å². The molecule has 0 atom stereocenters. The second-order valence-corrected chi connectivity index (χ2v) is 13.7. The highest BCUT2D eigenvalue weighted by atomic mass is 19.4. The van der Waals surface area contributed by atoms with Gasteiger partial charge in [0.1, 0.15) is 12.0 Å². The third-order valence-electron chi connectivity index (χ3n) is 10.8. The van der Waals surface area contributed by atoms with E-state index in [1.54, 1.807) is 0 Å². The summed E-state index contributed by atoms with van der Waals surface area (Å²) in [6, 6.07) is 21.5. The molecule has 0 aromatic heterocycles. The van der Waals surface area contributed by atoms with E-state index in [4.69, 9.17) is 0 Å². The lowest BCUT2D eigenvalue weighted by molar-refractivity contribution is -0.141. The highest BCUT2D eigenvalue weighted by molar-refractivity contribution is 6.00. The zero-order valence-electron chi connectivity index (χ0n) is 28.4. The standard InChI is InChI=1S/C40H47F3N4O2/c1-3-22-47(30-13-5-4-6-14-30)37(48)31-17-11-20-36(29(31)2)46-26-24-45(25-27-46)23-12-21-39(38(49)44-28-40(41,42)43)34-18-9-7-15-32(34)33-16-8-10-19-35(33)39/h3,7-11,15-20,30H,1,4-6,12-14,21-28H2,2H3,(H,44,49). The average molecular weight is 673 g/mol. The van der Waals surface area contributed by atoms with E-state index in [1.807, 2.05) is 78.6 Å². The van der Waals surface area contributed by atoms with Crippen LogP contribution in [0.25, 0.3) is 11.1 Å². The zero-order chi connectivity index (χ0) is 34.6. The van der Waals surface area contributed by atoms with Gasteiger partial charge in [0.25, 0.3) is 5.91 Å². The third-order valence-corrected chi connectivity index (χ3v) is 10.8. The number of rotatable bonds is 11. The largest absolute Gasteiger partial charge is 0.405 e. The van der Waals surface area contributed by atoms with E-state index < -0.39 is 24.0 Å². The molecule has 49 heavy (non-hydrogen) atoms. The van der Waals surface area contributed by atoms with Crippen LogP contribution in [-0.4, -0.2) is 79.6 Å². The van der Waals surface area contributed by atoms with Crippen LogP contribution in [0.4, 0.5) is 18.9 Å². The van der Waals surface area contributed by atoms with Gasteiger partial charge in [-0.15, -0.1) is 6.58 Å². The zero-order valence-corrected chi connectivity index (χ0v) is 28.4. The van der Waals surface area contributed by atoms with E-state index in [1.165, 1.54) is 6.42 Å². The second kappa shape index (κ2) is 14.8. The molecular weight excluding hydrogens is 625 g/mol. The van der Waals surface area contributed by atoms with Gasteiger partial charge < -0.3 is 15.1 Å². The van der Waals surface area contributed by atoms with Crippen LogP contribution >= 0.6 is 0 Å². The summed E-state index contributed by atoms with van der Waals surface area (Å²) >= 11 is 0. The molecule has 2 fully saturated rings. The molecule has 1 aliphatic heterocycles. The molecule has 6 nitrogen and oxygen atoms in total. The maximum absolute atomic E-state index is 13.9. The van der Waals surface area contributed by atoms with Crippen molar-refractivity contribution in [1.82, 2.24) is 15.1 Å². The van der Waals surface area contributed by atoms with Crippen LogP contribution in [-0.2, 0) is 10.2 Å². The molecule has 3 aliphatic rings. The molecule has 1 heterocycles. The number of benzene rings is 3. The number of amides is 2. The van der Waals surface area contributed by atoms with Gasteiger partial charge in [0.15, 0.2) is 0 Å². The summed E-state index contributed by atoms with van der Waals surface area (Å²) < 4.78 is 39.8. The Morgan fingerprint density at radius 2 is 1.55 bits per heavy atom. The lowest BCUT2D eigenvalue weighted by Crippen LogP contribution is -2.49. The van der Waals surface area contributed by atoms with E-state index >= 15 is 0 Å². The number of carbonyl (C=O) groups is 2. The minimum Gasteiger partial charge on any atom is -0.369 e. The van der Waals surface area contributed by atoms with E-state index in [9.17, 15) is 22.8 Å². The molecule has 3 aromatic carbocycles. The van der Waals surface area contributed by atoms with Crippen molar-refractivity contribution in [2.75, 3.05) is 50.7 Å². The molecule has 1 N–H and O–H groups in total. The number of nitrogens with one attached hydrogen (secondary N) is 1. The van der Waals surface area contributed by atoms with Crippen LogP contribution in [0.1, 0.15) is 72.0 Å². The summed E-state index contributed by atoms with van der Waals surface area (Å²) in [6.45, 7) is 9.07. The molecule has 2 amide bonds. The molecule has 9 heteroatoms. The maximum atomic E-state index is 13.9. The predicted octanol–water partition coefficient (Wildman–Crippen LogP) is 7.50. The fourth-order valence-corrected chi connectivity index (χ4v) is 8.35. The van der Waals surface area contributed by atoms with Gasteiger partial charge in [0, 0.05) is 50.0 Å². The van der Waals surface area contributed by atoms with Crippen LogP contribution < -0.4 is 10.2 Å². The van der Waals surface area contributed by atoms with Crippen molar-refractivity contribution >= 4 is 17.5 Å². The molecule has 0 radical (unpaired) electrons. The predicted molar refractivity (Wildman–Crippen MR) is 189 cm³/mol. The Labute approximate surface area is 288 Å². The first-order valence-corrected chi connectivity index (χ1v) is 17.7. The third kappa shape index (κ3) is 7.14. The minimum atomic E-state index is -4.50. The van der Waals surface area contributed by atoms with Crippen LogP contribution in [0, 0.1) is 6.92 Å². The Hall–Kier alpha value is -4.11. The van der Waals surface area contributed by atoms with Gasteiger partial charge >= 0.3 is 6.18 Å². The minimum absolute atomic E-state index is 0.0769. The summed E-state index contributed by atoms with van der Waals surface area (Å²) in [5.74, 6) is -0.528. The van der Waals surface area contributed by atoms with Crippen LogP contribution in [0.15, 0.2) is 79.4 Å². The number of fused-ring (bicyclic) bond motifs is 3. The van der Waals surface area contributed by atoms with Gasteiger partial charge in [-0.1, -0.05) is 79.9 Å². The molecule has 0 unspecified atom stereocenters. The molecule has 1 saturated heterocycles. The van der Waals surface area contributed by atoms with Gasteiger partial charge in [-0.2, -0.15) is 13.2 Å². The first kappa shape index (κ1) is 34.7. The fraction of sp³-hybridized carbons (Fsp3) is 0.450. The Balaban J connectivity index is 1.13. The molecule has 0 spiro atoms. The van der Waals surface area contributed by atoms with Crippen LogP contribution in [0.2, 0.25) is 0 Å². The van der Waals surface area contributed by atoms with Gasteiger partial charge in [-0.05, 0) is 79.1 Å². The monoisotopic (exact) mass is 672 g/mol. The number of nitrogens with zero attached hydrogens (tertiary/aromatic N) is 3. The molecular formula is C40H47F3N4O2. The van der Waals surface area contributed by atoms with Gasteiger partial charge in [0.2, 0.25) is 5.91 Å². The van der Waals surface area contributed by atoms with E-state index in [2.05, 4.69) is 27.8 Å². The number of anilines is 1. The number of piperazine rings is 1. The van der Waals surface area contributed by atoms with Gasteiger partial charge in [0.05, 0.1) is 0 Å². The van der Waals surface area contributed by atoms with Gasteiger partial charge in [-0.25, -0.2) is 0 Å². The van der Waals surface area contributed by atoms with Crippen LogP contribution in [0.5, 0.6) is 0 Å². The van der Waals surface area contributed by atoms with E-state index in [0.29, 0.717) is 19.4 Å². The van der Waals surface area contributed by atoms with Crippen molar-refractivity contribution in [2.24, 2.45) is 0 Å². The van der Waals surface area contributed by atoms with E-state index in [-0.39, 0.29) is 11.9 Å². The smallest absolute Gasteiger partial charge is 0.369 e. The summed E-state index contributed by atoms with van der Waals surface area (Å²) in [6.07, 6.45) is 3.99. The molecule has 6 rings (SSSR count).